The van der Waals surface area contributed by atoms with E-state index >= 15 is 0 Å². The second kappa shape index (κ2) is 5.77. The number of aryl methyl sites for hydroxylation is 1. The molecule has 0 aliphatic carbocycles. The van der Waals surface area contributed by atoms with Crippen LogP contribution in [0.2, 0.25) is 0 Å². The molecule has 110 valence electrons. The molecule has 0 unspecified atom stereocenters. The molecule has 0 atom stereocenters. The molecule has 0 saturated carbocycles. The number of carbonyl (C=O) groups excluding carboxylic acids is 1. The van der Waals surface area contributed by atoms with E-state index in [0.29, 0.717) is 23.0 Å². The van der Waals surface area contributed by atoms with E-state index in [1.54, 1.807) is 30.2 Å². The summed E-state index contributed by atoms with van der Waals surface area (Å²) in [5, 5.41) is 4.45. The topological polar surface area (TPSA) is 69.9 Å². The quantitative estimate of drug-likeness (QED) is 0.694. The molecule has 0 aliphatic rings. The zero-order valence-electron chi connectivity index (χ0n) is 12.2. The first kappa shape index (κ1) is 13.9. The molecular formula is C16H14N4O2. The number of hydrogen-bond donors (Lipinski definition) is 0. The van der Waals surface area contributed by atoms with Crippen LogP contribution in [0.3, 0.4) is 0 Å². The number of carbonyl (C=O) groups is 1. The van der Waals surface area contributed by atoms with Gasteiger partial charge in [-0.15, -0.1) is 0 Å². The van der Waals surface area contributed by atoms with Crippen LogP contribution in [-0.4, -0.2) is 25.7 Å². The Morgan fingerprint density at radius 2 is 1.95 bits per heavy atom. The molecular weight excluding hydrogens is 280 g/mol. The van der Waals surface area contributed by atoms with Crippen molar-refractivity contribution in [3.05, 3.63) is 54.6 Å². The molecule has 0 spiro atoms. The lowest BCUT2D eigenvalue weighted by Gasteiger charge is -2.08. The first-order valence-corrected chi connectivity index (χ1v) is 6.76. The van der Waals surface area contributed by atoms with Gasteiger partial charge in [-0.2, -0.15) is 5.10 Å². The molecule has 6 heteroatoms. The van der Waals surface area contributed by atoms with Crippen molar-refractivity contribution in [2.24, 2.45) is 0 Å². The predicted octanol–water partition coefficient (Wildman–Crippen LogP) is 2.56. The summed E-state index contributed by atoms with van der Waals surface area (Å²) < 4.78 is 7.00. The maximum atomic E-state index is 11.4. The number of nitrogens with zero attached hydrogens (tertiary/aromatic N) is 4. The average molecular weight is 294 g/mol. The maximum Gasteiger partial charge on any atom is 0.308 e. The minimum absolute atomic E-state index is 0.390. The lowest BCUT2D eigenvalue weighted by molar-refractivity contribution is -0.131. The maximum absolute atomic E-state index is 11.4. The second-order valence-electron chi connectivity index (χ2n) is 4.70. The van der Waals surface area contributed by atoms with Crippen molar-refractivity contribution in [3.63, 3.8) is 0 Å². The molecule has 0 bridgehead atoms. The number of esters is 1. The fourth-order valence-electron chi connectivity index (χ4n) is 2.19. The summed E-state index contributed by atoms with van der Waals surface area (Å²) in [5.41, 5.74) is 2.17. The lowest BCUT2D eigenvalue weighted by atomic mass is 10.1. The molecule has 2 aromatic heterocycles. The number of aromatic nitrogens is 4. The zero-order chi connectivity index (χ0) is 15.5. The van der Waals surface area contributed by atoms with Crippen LogP contribution in [0.4, 0.5) is 0 Å². The van der Waals surface area contributed by atoms with Gasteiger partial charge >= 0.3 is 5.97 Å². The molecule has 6 nitrogen and oxygen atoms in total. The molecule has 2 heterocycles. The van der Waals surface area contributed by atoms with E-state index in [2.05, 4.69) is 15.1 Å². The van der Waals surface area contributed by atoms with Crippen molar-refractivity contribution in [3.8, 4) is 22.8 Å². The summed E-state index contributed by atoms with van der Waals surface area (Å²) in [6.07, 6.45) is 4.79. The summed E-state index contributed by atoms with van der Waals surface area (Å²) in [6, 6.07) is 9.60. The first-order chi connectivity index (χ1) is 10.7. The highest BCUT2D eigenvalue weighted by Gasteiger charge is 2.21. The van der Waals surface area contributed by atoms with Gasteiger partial charge in [-0.05, 0) is 6.92 Å². The smallest absolute Gasteiger partial charge is 0.308 e. The standard InChI is InChI=1S/C16H14N4O2/c1-11-16(22-12(2)21)15(13-6-4-3-5-7-13)20(19-11)14-10-17-8-9-18-14/h3-10H,1-2H3. The van der Waals surface area contributed by atoms with Gasteiger partial charge in [0, 0.05) is 24.9 Å². The van der Waals surface area contributed by atoms with Gasteiger partial charge in [-0.3, -0.25) is 9.78 Å². The Morgan fingerprint density at radius 1 is 1.18 bits per heavy atom. The first-order valence-electron chi connectivity index (χ1n) is 6.76. The van der Waals surface area contributed by atoms with E-state index in [1.807, 2.05) is 30.3 Å². The Kier molecular flexibility index (Phi) is 3.65. The monoisotopic (exact) mass is 294 g/mol. The van der Waals surface area contributed by atoms with Crippen LogP contribution in [0.5, 0.6) is 5.75 Å². The van der Waals surface area contributed by atoms with Crippen LogP contribution < -0.4 is 4.74 Å². The van der Waals surface area contributed by atoms with Crippen LogP contribution in [0, 0.1) is 6.92 Å². The molecule has 22 heavy (non-hydrogen) atoms. The lowest BCUT2D eigenvalue weighted by Crippen LogP contribution is -2.05. The molecule has 0 saturated heterocycles. The van der Waals surface area contributed by atoms with E-state index in [0.717, 1.165) is 5.56 Å². The fraction of sp³-hybridized carbons (Fsp3) is 0.125. The molecule has 1 aromatic carbocycles. The van der Waals surface area contributed by atoms with Gasteiger partial charge in [0.05, 0.1) is 6.20 Å². The van der Waals surface area contributed by atoms with Gasteiger partial charge in [0.1, 0.15) is 11.4 Å². The van der Waals surface area contributed by atoms with Crippen LogP contribution >= 0.6 is 0 Å². The number of hydrogen-bond acceptors (Lipinski definition) is 5. The number of ether oxygens (including phenoxy) is 1. The van der Waals surface area contributed by atoms with Gasteiger partial charge in [0.15, 0.2) is 11.6 Å². The van der Waals surface area contributed by atoms with Crippen molar-refractivity contribution < 1.29 is 9.53 Å². The van der Waals surface area contributed by atoms with Crippen molar-refractivity contribution in [1.29, 1.82) is 0 Å². The van der Waals surface area contributed by atoms with Crippen molar-refractivity contribution in [2.45, 2.75) is 13.8 Å². The van der Waals surface area contributed by atoms with Crippen LogP contribution in [-0.2, 0) is 4.79 Å². The summed E-state index contributed by atoms with van der Waals surface area (Å²) in [7, 11) is 0. The summed E-state index contributed by atoms with van der Waals surface area (Å²) in [6.45, 7) is 3.16. The third-order valence-corrected chi connectivity index (χ3v) is 3.07. The highest BCUT2D eigenvalue weighted by molar-refractivity contribution is 5.76. The van der Waals surface area contributed by atoms with Gasteiger partial charge in [0.2, 0.25) is 0 Å². The van der Waals surface area contributed by atoms with Gasteiger partial charge in [-0.1, -0.05) is 30.3 Å². The normalized spacial score (nSPS) is 10.5. The minimum atomic E-state index is -0.390. The zero-order valence-corrected chi connectivity index (χ0v) is 12.2. The molecule has 0 fully saturated rings. The van der Waals surface area contributed by atoms with E-state index in [-0.39, 0.29) is 5.97 Å². The van der Waals surface area contributed by atoms with E-state index in [4.69, 9.17) is 4.74 Å². The number of rotatable bonds is 3. The van der Waals surface area contributed by atoms with Crippen molar-refractivity contribution in [1.82, 2.24) is 19.7 Å². The van der Waals surface area contributed by atoms with E-state index in [9.17, 15) is 4.79 Å². The van der Waals surface area contributed by atoms with E-state index < -0.39 is 0 Å². The molecule has 3 rings (SSSR count). The van der Waals surface area contributed by atoms with E-state index in [1.165, 1.54) is 6.92 Å². The highest BCUT2D eigenvalue weighted by atomic mass is 16.5. The molecule has 0 N–H and O–H groups in total. The fourth-order valence-corrected chi connectivity index (χ4v) is 2.19. The molecule has 0 radical (unpaired) electrons. The van der Waals surface area contributed by atoms with Crippen molar-refractivity contribution in [2.75, 3.05) is 0 Å². The molecule has 0 amide bonds. The predicted molar refractivity (Wildman–Crippen MR) is 80.6 cm³/mol. The summed E-state index contributed by atoms with van der Waals surface area (Å²) in [5.74, 6) is 0.603. The van der Waals surface area contributed by atoms with Crippen LogP contribution in [0.25, 0.3) is 17.1 Å². The van der Waals surface area contributed by atoms with Crippen molar-refractivity contribution >= 4 is 5.97 Å². The van der Waals surface area contributed by atoms with Crippen LogP contribution in [0.15, 0.2) is 48.9 Å². The largest absolute Gasteiger partial charge is 0.422 e. The Bertz CT molecular complexity index is 798. The third-order valence-electron chi connectivity index (χ3n) is 3.07. The Morgan fingerprint density at radius 3 is 2.59 bits per heavy atom. The highest BCUT2D eigenvalue weighted by Crippen LogP contribution is 2.34. The van der Waals surface area contributed by atoms with Crippen LogP contribution in [0.1, 0.15) is 12.6 Å². The Labute approximate surface area is 127 Å². The van der Waals surface area contributed by atoms with Gasteiger partial charge in [-0.25, -0.2) is 9.67 Å². The molecule has 3 aromatic rings. The Hall–Kier alpha value is -3.02. The SMILES string of the molecule is CC(=O)Oc1c(C)nn(-c2cnccn2)c1-c1ccccc1. The van der Waals surface area contributed by atoms with Gasteiger partial charge in [0.25, 0.3) is 0 Å². The summed E-state index contributed by atoms with van der Waals surface area (Å²) in [4.78, 5) is 19.7. The summed E-state index contributed by atoms with van der Waals surface area (Å²) >= 11 is 0. The minimum Gasteiger partial charge on any atom is -0.422 e. The molecule has 0 aliphatic heterocycles. The Balaban J connectivity index is 2.25. The average Bonchev–Trinajstić information content (AvgIpc) is 2.85. The number of benzene rings is 1. The second-order valence-corrected chi connectivity index (χ2v) is 4.70. The van der Waals surface area contributed by atoms with Gasteiger partial charge < -0.3 is 4.74 Å². The third kappa shape index (κ3) is 2.58.